The van der Waals surface area contributed by atoms with Gasteiger partial charge in [-0.3, -0.25) is 0 Å². The molecule has 1 aliphatic carbocycles. The van der Waals surface area contributed by atoms with E-state index in [9.17, 15) is 8.42 Å². The van der Waals surface area contributed by atoms with Crippen LogP contribution in [0.25, 0.3) is 0 Å². The molecule has 0 atom stereocenters. The van der Waals surface area contributed by atoms with Crippen molar-refractivity contribution < 1.29 is 13.2 Å². The van der Waals surface area contributed by atoms with Crippen molar-refractivity contribution in [2.24, 2.45) is 5.10 Å². The van der Waals surface area contributed by atoms with E-state index in [1.807, 2.05) is 25.1 Å². The molecule has 0 aromatic heterocycles. The number of methoxy groups -OCH3 is 1. The maximum absolute atomic E-state index is 12.3. The van der Waals surface area contributed by atoms with Gasteiger partial charge in [0.15, 0.2) is 0 Å². The third-order valence-corrected chi connectivity index (χ3v) is 5.37. The van der Waals surface area contributed by atoms with Gasteiger partial charge in [0.05, 0.1) is 12.0 Å². The number of benzene rings is 2. The summed E-state index contributed by atoms with van der Waals surface area (Å²) in [5, 5.41) is 4.14. The Balaban J connectivity index is 1.74. The molecule has 5 nitrogen and oxygen atoms in total. The lowest BCUT2D eigenvalue weighted by atomic mass is 9.90. The van der Waals surface area contributed by atoms with E-state index in [2.05, 4.69) is 9.93 Å². The fourth-order valence-electron chi connectivity index (χ4n) is 2.71. The molecule has 0 saturated carbocycles. The summed E-state index contributed by atoms with van der Waals surface area (Å²) in [7, 11) is -1.97. The Hall–Kier alpha value is -2.34. The lowest BCUT2D eigenvalue weighted by molar-refractivity contribution is 0.414. The predicted octanol–water partition coefficient (Wildman–Crippen LogP) is 2.83. The van der Waals surface area contributed by atoms with Gasteiger partial charge in [-0.15, -0.1) is 0 Å². The quantitative estimate of drug-likeness (QED) is 0.867. The van der Waals surface area contributed by atoms with Gasteiger partial charge in [-0.25, -0.2) is 4.83 Å². The van der Waals surface area contributed by atoms with Crippen LogP contribution in [0, 0.1) is 6.92 Å². The van der Waals surface area contributed by atoms with E-state index in [1.54, 1.807) is 31.4 Å². The number of ether oxygens (including phenoxy) is 1. The van der Waals surface area contributed by atoms with Crippen molar-refractivity contribution in [1.82, 2.24) is 4.83 Å². The van der Waals surface area contributed by atoms with Crippen molar-refractivity contribution in [3.8, 4) is 5.75 Å². The second-order valence-electron chi connectivity index (χ2n) is 5.90. The van der Waals surface area contributed by atoms with Gasteiger partial charge >= 0.3 is 0 Å². The molecular formula is C18H20N2O3S. The summed E-state index contributed by atoms with van der Waals surface area (Å²) in [6, 6.07) is 12.7. The molecule has 1 N–H and O–H groups in total. The zero-order valence-corrected chi connectivity index (χ0v) is 14.6. The van der Waals surface area contributed by atoms with Gasteiger partial charge in [-0.05, 0) is 55.2 Å². The SMILES string of the molecule is COc1ccc2c(c1)CC/C(=N/NS(=O)(=O)c1ccc(C)cc1)C2. The Bertz CT molecular complexity index is 872. The Morgan fingerprint density at radius 3 is 2.50 bits per heavy atom. The van der Waals surface area contributed by atoms with Crippen molar-refractivity contribution in [2.45, 2.75) is 31.1 Å². The van der Waals surface area contributed by atoms with Gasteiger partial charge in [0, 0.05) is 12.1 Å². The molecule has 0 aliphatic heterocycles. The molecule has 0 unspecified atom stereocenters. The average Bonchev–Trinajstić information content (AvgIpc) is 2.60. The number of hydrazone groups is 1. The molecule has 0 bridgehead atoms. The highest BCUT2D eigenvalue weighted by molar-refractivity contribution is 7.89. The average molecular weight is 344 g/mol. The van der Waals surface area contributed by atoms with Crippen LogP contribution in [0.5, 0.6) is 5.75 Å². The monoisotopic (exact) mass is 344 g/mol. The van der Waals surface area contributed by atoms with Crippen LogP contribution in [0.3, 0.4) is 0 Å². The van der Waals surface area contributed by atoms with Crippen LogP contribution in [-0.4, -0.2) is 21.2 Å². The van der Waals surface area contributed by atoms with Crippen molar-refractivity contribution >= 4 is 15.7 Å². The number of sulfonamides is 1. The first-order valence-corrected chi connectivity index (χ1v) is 9.26. The molecule has 0 spiro atoms. The first kappa shape index (κ1) is 16.5. The topological polar surface area (TPSA) is 67.8 Å². The molecule has 0 fully saturated rings. The van der Waals surface area contributed by atoms with Crippen LogP contribution in [0.2, 0.25) is 0 Å². The number of nitrogens with one attached hydrogen (secondary N) is 1. The van der Waals surface area contributed by atoms with Crippen molar-refractivity contribution in [3.05, 3.63) is 59.2 Å². The van der Waals surface area contributed by atoms with E-state index in [4.69, 9.17) is 4.74 Å². The maximum Gasteiger partial charge on any atom is 0.276 e. The van der Waals surface area contributed by atoms with Crippen LogP contribution in [0.4, 0.5) is 0 Å². The first-order valence-electron chi connectivity index (χ1n) is 7.77. The minimum absolute atomic E-state index is 0.221. The molecule has 3 rings (SSSR count). The molecule has 0 radical (unpaired) electrons. The molecule has 2 aromatic carbocycles. The van der Waals surface area contributed by atoms with Crippen LogP contribution in [0.1, 0.15) is 23.1 Å². The summed E-state index contributed by atoms with van der Waals surface area (Å²) in [6.07, 6.45) is 2.21. The van der Waals surface area contributed by atoms with E-state index in [-0.39, 0.29) is 4.90 Å². The smallest absolute Gasteiger partial charge is 0.276 e. The summed E-state index contributed by atoms with van der Waals surface area (Å²) in [5.41, 5.74) is 4.24. The molecule has 0 amide bonds. The molecular weight excluding hydrogens is 324 g/mol. The van der Waals surface area contributed by atoms with Crippen molar-refractivity contribution in [1.29, 1.82) is 0 Å². The molecule has 0 saturated heterocycles. The lowest BCUT2D eigenvalue weighted by Crippen LogP contribution is -2.23. The van der Waals surface area contributed by atoms with E-state index in [1.165, 1.54) is 5.56 Å². The summed E-state index contributed by atoms with van der Waals surface area (Å²) in [4.78, 5) is 2.57. The summed E-state index contributed by atoms with van der Waals surface area (Å²) >= 11 is 0. The van der Waals surface area contributed by atoms with Gasteiger partial charge in [-0.2, -0.15) is 13.5 Å². The minimum Gasteiger partial charge on any atom is -0.497 e. The molecule has 126 valence electrons. The molecule has 0 heterocycles. The minimum atomic E-state index is -3.62. The fraction of sp³-hybridized carbons (Fsp3) is 0.278. The zero-order chi connectivity index (χ0) is 17.2. The number of nitrogens with zero attached hydrogens (tertiary/aromatic N) is 1. The van der Waals surface area contributed by atoms with Gasteiger partial charge in [-0.1, -0.05) is 23.8 Å². The number of fused-ring (bicyclic) bond motifs is 1. The van der Waals surface area contributed by atoms with Gasteiger partial charge in [0.1, 0.15) is 5.75 Å². The summed E-state index contributed by atoms with van der Waals surface area (Å²) in [5.74, 6) is 0.842. The van der Waals surface area contributed by atoms with E-state index in [0.717, 1.165) is 35.4 Å². The molecule has 6 heteroatoms. The van der Waals surface area contributed by atoms with Gasteiger partial charge < -0.3 is 4.74 Å². The second kappa shape index (κ2) is 6.65. The largest absolute Gasteiger partial charge is 0.497 e. The number of hydrogen-bond donors (Lipinski definition) is 1. The van der Waals surface area contributed by atoms with Gasteiger partial charge in [0.25, 0.3) is 10.0 Å². The van der Waals surface area contributed by atoms with Crippen LogP contribution in [0.15, 0.2) is 52.5 Å². The van der Waals surface area contributed by atoms with E-state index in [0.29, 0.717) is 6.42 Å². The molecule has 1 aliphatic rings. The predicted molar refractivity (Wildman–Crippen MR) is 94.0 cm³/mol. The highest BCUT2D eigenvalue weighted by Gasteiger charge is 2.17. The second-order valence-corrected chi connectivity index (χ2v) is 7.56. The number of hydrogen-bond acceptors (Lipinski definition) is 4. The summed E-state index contributed by atoms with van der Waals surface area (Å²) < 4.78 is 29.8. The van der Waals surface area contributed by atoms with Crippen molar-refractivity contribution in [3.63, 3.8) is 0 Å². The van der Waals surface area contributed by atoms with Crippen LogP contribution >= 0.6 is 0 Å². The van der Waals surface area contributed by atoms with Crippen LogP contribution < -0.4 is 9.57 Å². The number of rotatable bonds is 4. The Morgan fingerprint density at radius 1 is 1.04 bits per heavy atom. The van der Waals surface area contributed by atoms with Gasteiger partial charge in [0.2, 0.25) is 0 Å². The highest BCUT2D eigenvalue weighted by Crippen LogP contribution is 2.24. The third-order valence-electron chi connectivity index (χ3n) is 4.15. The van der Waals surface area contributed by atoms with Crippen molar-refractivity contribution in [2.75, 3.05) is 7.11 Å². The zero-order valence-electron chi connectivity index (χ0n) is 13.7. The summed E-state index contributed by atoms with van der Waals surface area (Å²) in [6.45, 7) is 1.92. The highest BCUT2D eigenvalue weighted by atomic mass is 32.2. The Kier molecular flexibility index (Phi) is 4.57. The Labute approximate surface area is 142 Å². The normalized spacial score (nSPS) is 15.8. The Morgan fingerprint density at radius 2 is 1.79 bits per heavy atom. The fourth-order valence-corrected chi connectivity index (χ4v) is 3.56. The molecule has 2 aromatic rings. The van der Waals surface area contributed by atoms with E-state index >= 15 is 0 Å². The van der Waals surface area contributed by atoms with E-state index < -0.39 is 10.0 Å². The maximum atomic E-state index is 12.3. The lowest BCUT2D eigenvalue weighted by Gasteiger charge is -2.18. The number of aryl methyl sites for hydroxylation is 2. The molecule has 24 heavy (non-hydrogen) atoms. The van der Waals surface area contributed by atoms with Crippen LogP contribution in [-0.2, 0) is 22.9 Å². The third kappa shape index (κ3) is 3.59. The first-order chi connectivity index (χ1) is 11.5. The standard InChI is InChI=1S/C18H20N2O3S/c1-13-3-9-18(10-4-13)24(21,22)20-19-16-7-5-15-12-17(23-2)8-6-14(15)11-16/h3-4,6,8-10,12,20H,5,7,11H2,1-2H3/b19-16-.